The second kappa shape index (κ2) is 4.14. The van der Waals surface area contributed by atoms with Crippen molar-refractivity contribution in [3.8, 4) is 0 Å². The van der Waals surface area contributed by atoms with Crippen molar-refractivity contribution in [2.75, 3.05) is 6.67 Å². The van der Waals surface area contributed by atoms with Crippen LogP contribution in [0, 0.1) is 5.92 Å². The topological polar surface area (TPSA) is 32.6 Å². The summed E-state index contributed by atoms with van der Waals surface area (Å²) in [4.78, 5) is 0. The zero-order valence-corrected chi connectivity index (χ0v) is 5.39. The van der Waals surface area contributed by atoms with Crippen LogP contribution in [0.15, 0.2) is 5.16 Å². The van der Waals surface area contributed by atoms with E-state index < -0.39 is 24.7 Å². The van der Waals surface area contributed by atoms with Crippen LogP contribution in [0.5, 0.6) is 0 Å². The summed E-state index contributed by atoms with van der Waals surface area (Å²) in [6.45, 7) is -0.0404. The van der Waals surface area contributed by atoms with Gasteiger partial charge in [0, 0.05) is 0 Å². The van der Waals surface area contributed by atoms with Crippen LogP contribution in [0.2, 0.25) is 0 Å². The lowest BCUT2D eigenvalue weighted by molar-refractivity contribution is 0.113. The normalized spacial score (nSPS) is 15.9. The summed E-state index contributed by atoms with van der Waals surface area (Å²) in [6, 6.07) is 0. The van der Waals surface area contributed by atoms with Crippen molar-refractivity contribution < 1.29 is 18.4 Å². The van der Waals surface area contributed by atoms with Crippen LogP contribution >= 0.6 is 0 Å². The first kappa shape index (κ1) is 9.26. The minimum absolute atomic E-state index is 0.519. The second-order valence-electron chi connectivity index (χ2n) is 1.85. The first-order chi connectivity index (χ1) is 4.63. The quantitative estimate of drug-likeness (QED) is 0.375. The van der Waals surface area contributed by atoms with E-state index in [1.54, 1.807) is 0 Å². The van der Waals surface area contributed by atoms with Gasteiger partial charge in [-0.05, 0) is 0 Å². The number of rotatable bonds is 3. The van der Waals surface area contributed by atoms with Gasteiger partial charge in [0.05, 0.1) is 11.6 Å². The molecule has 0 aliphatic heterocycles. The number of hydrogen-bond donors (Lipinski definition) is 1. The second-order valence-corrected chi connectivity index (χ2v) is 1.85. The molecular weight excluding hydrogens is 147 g/mol. The first-order valence-electron chi connectivity index (χ1n) is 2.68. The Morgan fingerprint density at radius 2 is 2.10 bits per heavy atom. The zero-order chi connectivity index (χ0) is 8.15. The Bertz CT molecular complexity index is 126. The summed E-state index contributed by atoms with van der Waals surface area (Å²) in [5.74, 6) is -1.31. The van der Waals surface area contributed by atoms with Gasteiger partial charge >= 0.3 is 0 Å². The van der Waals surface area contributed by atoms with Gasteiger partial charge in [0.25, 0.3) is 0 Å². The number of halogens is 3. The lowest BCUT2D eigenvalue weighted by Gasteiger charge is -2.07. The highest BCUT2D eigenvalue weighted by atomic mass is 19.3. The van der Waals surface area contributed by atoms with Crippen molar-refractivity contribution in [1.29, 1.82) is 0 Å². The summed E-state index contributed by atoms with van der Waals surface area (Å²) in [5, 5.41) is 10.3. The number of oxime groups is 1. The Morgan fingerprint density at radius 1 is 1.60 bits per heavy atom. The summed E-state index contributed by atoms with van der Waals surface area (Å²) in [5.41, 5.74) is -0.519. The molecule has 60 valence electrons. The predicted octanol–water partition coefficient (Wildman–Crippen LogP) is 1.69. The van der Waals surface area contributed by atoms with Gasteiger partial charge < -0.3 is 5.21 Å². The van der Waals surface area contributed by atoms with Gasteiger partial charge in [-0.2, -0.15) is 0 Å². The fourth-order valence-electron chi connectivity index (χ4n) is 0.385. The summed E-state index contributed by atoms with van der Waals surface area (Å²) in [7, 11) is 0. The molecule has 0 aromatic carbocycles. The van der Waals surface area contributed by atoms with Gasteiger partial charge in [0.2, 0.25) is 6.43 Å². The average Bonchev–Trinajstić information content (AvgIpc) is 1.90. The fourth-order valence-corrected chi connectivity index (χ4v) is 0.385. The monoisotopic (exact) mass is 155 g/mol. The molecule has 0 saturated carbocycles. The van der Waals surface area contributed by atoms with Gasteiger partial charge in [0.1, 0.15) is 6.67 Å². The third-order valence-electron chi connectivity index (χ3n) is 1.17. The summed E-state index contributed by atoms with van der Waals surface area (Å²) >= 11 is 0. The van der Waals surface area contributed by atoms with Crippen molar-refractivity contribution in [2.45, 2.75) is 13.3 Å². The Balaban J connectivity index is 4.03. The maximum Gasteiger partial charge on any atom is 0.246 e. The fraction of sp³-hybridized carbons (Fsp3) is 0.800. The molecular formula is C5H8F3NO. The van der Waals surface area contributed by atoms with Gasteiger partial charge in [-0.3, -0.25) is 0 Å². The predicted molar refractivity (Wildman–Crippen MR) is 30.4 cm³/mol. The lowest BCUT2D eigenvalue weighted by atomic mass is 10.1. The highest BCUT2D eigenvalue weighted by Crippen LogP contribution is 2.10. The SMILES string of the molecule is CC(C(CF)=NO)C(F)F. The van der Waals surface area contributed by atoms with Crippen molar-refractivity contribution in [1.82, 2.24) is 0 Å². The van der Waals surface area contributed by atoms with E-state index in [0.717, 1.165) is 6.92 Å². The van der Waals surface area contributed by atoms with Crippen molar-refractivity contribution in [3.05, 3.63) is 0 Å². The third-order valence-corrected chi connectivity index (χ3v) is 1.17. The molecule has 0 aromatic rings. The molecule has 1 atom stereocenters. The molecule has 0 spiro atoms. The van der Waals surface area contributed by atoms with E-state index in [1.165, 1.54) is 0 Å². The van der Waals surface area contributed by atoms with Crippen LogP contribution in [0.4, 0.5) is 13.2 Å². The van der Waals surface area contributed by atoms with E-state index in [0.29, 0.717) is 0 Å². The molecule has 0 bridgehead atoms. The van der Waals surface area contributed by atoms with Gasteiger partial charge in [0.15, 0.2) is 0 Å². The lowest BCUT2D eigenvalue weighted by Crippen LogP contribution is -2.20. The molecule has 0 aliphatic carbocycles. The molecule has 0 amide bonds. The maximum atomic E-state index is 11.7. The molecule has 0 heterocycles. The van der Waals surface area contributed by atoms with Crippen LogP contribution in [-0.2, 0) is 0 Å². The first-order valence-corrected chi connectivity index (χ1v) is 2.68. The Hall–Kier alpha value is -0.740. The number of nitrogens with zero attached hydrogens (tertiary/aromatic N) is 1. The highest BCUT2D eigenvalue weighted by Gasteiger charge is 2.20. The van der Waals surface area contributed by atoms with Crippen LogP contribution in [0.25, 0.3) is 0 Å². The van der Waals surface area contributed by atoms with E-state index in [4.69, 9.17) is 5.21 Å². The van der Waals surface area contributed by atoms with E-state index in [2.05, 4.69) is 5.16 Å². The average molecular weight is 155 g/mol. The Kier molecular flexibility index (Phi) is 3.83. The molecule has 0 saturated heterocycles. The van der Waals surface area contributed by atoms with Gasteiger partial charge in [-0.1, -0.05) is 12.1 Å². The minimum atomic E-state index is -2.68. The standard InChI is InChI=1S/C5H8F3NO/c1-3(5(7)8)4(2-6)9-10/h3,5,10H,2H2,1H3. The third kappa shape index (κ3) is 2.24. The molecule has 1 unspecified atom stereocenters. The molecule has 0 fully saturated rings. The van der Waals surface area contributed by atoms with Crippen molar-refractivity contribution in [2.24, 2.45) is 11.1 Å². The van der Waals surface area contributed by atoms with Crippen LogP contribution in [-0.4, -0.2) is 24.0 Å². The molecule has 2 nitrogen and oxygen atoms in total. The summed E-state index contributed by atoms with van der Waals surface area (Å²) in [6.07, 6.45) is -2.68. The molecule has 1 N–H and O–H groups in total. The Labute approximate surface area is 56.3 Å². The van der Waals surface area contributed by atoms with Crippen LogP contribution < -0.4 is 0 Å². The largest absolute Gasteiger partial charge is 0.411 e. The van der Waals surface area contributed by atoms with E-state index in [1.807, 2.05) is 0 Å². The van der Waals surface area contributed by atoms with E-state index >= 15 is 0 Å². The maximum absolute atomic E-state index is 11.7. The van der Waals surface area contributed by atoms with Gasteiger partial charge in [-0.25, -0.2) is 13.2 Å². The molecule has 5 heteroatoms. The Morgan fingerprint density at radius 3 is 2.20 bits per heavy atom. The molecule has 0 aliphatic rings. The molecule has 0 aromatic heterocycles. The van der Waals surface area contributed by atoms with Gasteiger partial charge in [-0.15, -0.1) is 0 Å². The zero-order valence-electron chi connectivity index (χ0n) is 5.39. The highest BCUT2D eigenvalue weighted by molar-refractivity contribution is 5.87. The minimum Gasteiger partial charge on any atom is -0.411 e. The smallest absolute Gasteiger partial charge is 0.246 e. The number of alkyl halides is 3. The van der Waals surface area contributed by atoms with Crippen LogP contribution in [0.1, 0.15) is 6.92 Å². The molecule has 0 radical (unpaired) electrons. The molecule has 10 heavy (non-hydrogen) atoms. The van der Waals surface area contributed by atoms with Crippen LogP contribution in [0.3, 0.4) is 0 Å². The summed E-state index contributed by atoms with van der Waals surface area (Å²) < 4.78 is 35.0. The van der Waals surface area contributed by atoms with Crippen molar-refractivity contribution >= 4 is 5.71 Å². The molecule has 0 rings (SSSR count). The number of hydrogen-bond acceptors (Lipinski definition) is 2. The van der Waals surface area contributed by atoms with Crippen molar-refractivity contribution in [3.63, 3.8) is 0 Å². The van der Waals surface area contributed by atoms with E-state index in [9.17, 15) is 13.2 Å². The van der Waals surface area contributed by atoms with E-state index in [-0.39, 0.29) is 0 Å².